The molecule has 0 aliphatic carbocycles. The van der Waals surface area contributed by atoms with Crippen molar-refractivity contribution < 1.29 is 9.31 Å². The summed E-state index contributed by atoms with van der Waals surface area (Å²) in [5, 5.41) is 0. The molecule has 0 bridgehead atoms. The maximum Gasteiger partial charge on any atom is 0.209 e. The molecular weight excluding hydrogens is 332 g/mol. The molecule has 1 N–H and O–H groups in total. The number of allylic oxidation sites excluding steroid dienone is 1. The molecule has 3 heteroatoms. The first kappa shape index (κ1) is 17.3. The summed E-state index contributed by atoms with van der Waals surface area (Å²) in [6, 6.07) is 21.0. The summed E-state index contributed by atoms with van der Waals surface area (Å²) in [4.78, 5) is 3.49. The van der Waals surface area contributed by atoms with Crippen molar-refractivity contribution >= 4 is 17.5 Å². The molecule has 1 aliphatic heterocycles. The lowest BCUT2D eigenvalue weighted by atomic mass is 9.81. The van der Waals surface area contributed by atoms with Crippen molar-refractivity contribution in [3.8, 4) is 17.0 Å². The summed E-state index contributed by atoms with van der Waals surface area (Å²) < 4.78 is 7.88. The van der Waals surface area contributed by atoms with Crippen LogP contribution >= 0.6 is 0 Å². The number of aromatic amines is 1. The van der Waals surface area contributed by atoms with E-state index in [0.717, 1.165) is 22.7 Å². The second kappa shape index (κ2) is 6.58. The number of nitrogens with one attached hydrogen (secondary N) is 1. The summed E-state index contributed by atoms with van der Waals surface area (Å²) in [7, 11) is 3.85. The smallest absolute Gasteiger partial charge is 0.209 e. The highest BCUT2D eigenvalue weighted by atomic mass is 16.5. The Morgan fingerprint density at radius 2 is 1.67 bits per heavy atom. The van der Waals surface area contributed by atoms with Crippen LogP contribution in [0.3, 0.4) is 0 Å². The second-order valence-corrected chi connectivity index (χ2v) is 7.45. The Labute approximate surface area is 160 Å². The monoisotopic (exact) mass is 357 g/mol. The summed E-state index contributed by atoms with van der Waals surface area (Å²) in [5.41, 5.74) is 7.03. The van der Waals surface area contributed by atoms with Crippen LogP contribution in [0.1, 0.15) is 25.1 Å². The third-order valence-corrected chi connectivity index (χ3v) is 5.46. The number of benzene rings is 2. The number of para-hydroxylation sites is 1. The highest BCUT2D eigenvalue weighted by Gasteiger charge is 2.42. The Bertz CT molecular complexity index is 1040. The van der Waals surface area contributed by atoms with Gasteiger partial charge < -0.3 is 9.72 Å². The zero-order valence-electron chi connectivity index (χ0n) is 16.3. The highest BCUT2D eigenvalue weighted by molar-refractivity contribution is 6.05. The van der Waals surface area contributed by atoms with Gasteiger partial charge in [-0.1, -0.05) is 48.5 Å². The van der Waals surface area contributed by atoms with Crippen molar-refractivity contribution in [2.24, 2.45) is 0 Å². The van der Waals surface area contributed by atoms with E-state index in [9.17, 15) is 0 Å². The lowest BCUT2D eigenvalue weighted by Gasteiger charge is -2.15. The van der Waals surface area contributed by atoms with Crippen LogP contribution in [0.15, 0.2) is 66.7 Å². The van der Waals surface area contributed by atoms with Gasteiger partial charge >= 0.3 is 0 Å². The molecule has 0 unspecified atom stereocenters. The van der Waals surface area contributed by atoms with Gasteiger partial charge in [0.1, 0.15) is 12.8 Å². The third-order valence-electron chi connectivity index (χ3n) is 5.46. The van der Waals surface area contributed by atoms with E-state index in [1.165, 1.54) is 17.0 Å². The normalized spacial score (nSPS) is 15.4. The lowest BCUT2D eigenvalue weighted by Crippen LogP contribution is -2.26. The van der Waals surface area contributed by atoms with Crippen LogP contribution in [0.4, 0.5) is 5.69 Å². The lowest BCUT2D eigenvalue weighted by molar-refractivity contribution is -0.401. The standard InChI is InChI=1S/C24H24N2O/c1-24(2)18-12-8-9-13-21(18)26(3)23(24)15-14-19-22(27-4)16-20(25-19)17-10-6-5-7-11-17/h5-16H,1-4H3/p+1. The van der Waals surface area contributed by atoms with E-state index in [4.69, 9.17) is 4.74 Å². The molecule has 1 aromatic heterocycles. The number of hydrogen-bond donors (Lipinski definition) is 1. The minimum absolute atomic E-state index is 0.0378. The van der Waals surface area contributed by atoms with Crippen LogP contribution in [-0.4, -0.2) is 29.4 Å². The Hall–Kier alpha value is -3.07. The van der Waals surface area contributed by atoms with E-state index in [1.807, 2.05) is 18.2 Å². The van der Waals surface area contributed by atoms with Crippen LogP contribution in [-0.2, 0) is 5.41 Å². The number of fused-ring (bicyclic) bond motifs is 1. The fraction of sp³-hybridized carbons (Fsp3) is 0.208. The summed E-state index contributed by atoms with van der Waals surface area (Å²) in [5.74, 6) is 0.849. The summed E-state index contributed by atoms with van der Waals surface area (Å²) >= 11 is 0. The summed E-state index contributed by atoms with van der Waals surface area (Å²) in [6.45, 7) is 4.55. The molecule has 27 heavy (non-hydrogen) atoms. The van der Waals surface area contributed by atoms with Gasteiger partial charge in [0.15, 0.2) is 5.71 Å². The van der Waals surface area contributed by atoms with Gasteiger partial charge in [0.2, 0.25) is 5.69 Å². The van der Waals surface area contributed by atoms with Crippen molar-refractivity contribution in [3.05, 3.63) is 78.0 Å². The van der Waals surface area contributed by atoms with Gasteiger partial charge in [-0.2, -0.15) is 4.58 Å². The van der Waals surface area contributed by atoms with Crippen molar-refractivity contribution in [2.75, 3.05) is 14.2 Å². The number of hydrogen-bond acceptors (Lipinski definition) is 1. The third kappa shape index (κ3) is 2.89. The van der Waals surface area contributed by atoms with E-state index in [1.54, 1.807) is 7.11 Å². The number of rotatable bonds is 4. The van der Waals surface area contributed by atoms with Gasteiger partial charge in [-0.05, 0) is 25.5 Å². The van der Waals surface area contributed by atoms with E-state index in [2.05, 4.69) is 85.1 Å². The molecule has 0 radical (unpaired) electrons. The van der Waals surface area contributed by atoms with E-state index < -0.39 is 0 Å². The van der Waals surface area contributed by atoms with Gasteiger partial charge in [-0.15, -0.1) is 0 Å². The molecule has 3 aromatic rings. The van der Waals surface area contributed by atoms with Gasteiger partial charge in [0.05, 0.1) is 18.2 Å². The molecular formula is C24H25N2O+. The Balaban J connectivity index is 1.72. The molecule has 1 aliphatic rings. The van der Waals surface area contributed by atoms with E-state index in [0.29, 0.717) is 0 Å². The first-order valence-corrected chi connectivity index (χ1v) is 9.23. The quantitative estimate of drug-likeness (QED) is 0.621. The van der Waals surface area contributed by atoms with Gasteiger partial charge in [0, 0.05) is 29.5 Å². The minimum atomic E-state index is -0.0378. The van der Waals surface area contributed by atoms with Crippen LogP contribution in [0.2, 0.25) is 0 Å². The van der Waals surface area contributed by atoms with Crippen LogP contribution in [0.5, 0.6) is 5.75 Å². The van der Waals surface area contributed by atoms with Crippen LogP contribution in [0.25, 0.3) is 17.3 Å². The molecule has 0 saturated heterocycles. The maximum atomic E-state index is 5.60. The molecule has 0 saturated carbocycles. The molecule has 0 spiro atoms. The molecule has 0 fully saturated rings. The second-order valence-electron chi connectivity index (χ2n) is 7.45. The van der Waals surface area contributed by atoms with Crippen LogP contribution < -0.4 is 4.74 Å². The number of nitrogens with zero attached hydrogens (tertiary/aromatic N) is 1. The average molecular weight is 357 g/mol. The zero-order chi connectivity index (χ0) is 19.0. The van der Waals surface area contributed by atoms with Crippen molar-refractivity contribution in [3.63, 3.8) is 0 Å². The van der Waals surface area contributed by atoms with Gasteiger partial charge in [0.25, 0.3) is 0 Å². The van der Waals surface area contributed by atoms with Crippen molar-refractivity contribution in [1.29, 1.82) is 0 Å². The molecule has 0 atom stereocenters. The summed E-state index contributed by atoms with van der Waals surface area (Å²) in [6.07, 6.45) is 4.31. The topological polar surface area (TPSA) is 28.0 Å². The molecule has 2 heterocycles. The maximum absolute atomic E-state index is 5.60. The number of methoxy groups -OCH3 is 1. The number of ether oxygens (including phenoxy) is 1. The first-order valence-electron chi connectivity index (χ1n) is 9.23. The fourth-order valence-electron chi connectivity index (χ4n) is 3.98. The number of H-pyrrole nitrogens is 1. The predicted molar refractivity (Wildman–Crippen MR) is 112 cm³/mol. The molecule has 4 rings (SSSR count). The van der Waals surface area contributed by atoms with Crippen molar-refractivity contribution in [1.82, 2.24) is 4.98 Å². The first-order chi connectivity index (χ1) is 13.0. The largest absolute Gasteiger partial charge is 0.494 e. The van der Waals surface area contributed by atoms with E-state index in [-0.39, 0.29) is 5.41 Å². The molecule has 136 valence electrons. The molecule has 2 aromatic carbocycles. The Morgan fingerprint density at radius 3 is 2.37 bits per heavy atom. The Kier molecular flexibility index (Phi) is 4.23. The average Bonchev–Trinajstić information content (AvgIpc) is 3.19. The predicted octanol–water partition coefficient (Wildman–Crippen LogP) is 5.41. The number of aromatic nitrogens is 1. The molecule has 0 amide bonds. The Morgan fingerprint density at radius 1 is 0.963 bits per heavy atom. The minimum Gasteiger partial charge on any atom is -0.494 e. The molecule has 3 nitrogen and oxygen atoms in total. The SMILES string of the molecule is COc1cc(-c2ccccc2)[nH]c1/C=C/C1=[N+](C)c2ccccc2C1(C)C. The van der Waals surface area contributed by atoms with E-state index >= 15 is 0 Å². The highest BCUT2D eigenvalue weighted by Crippen LogP contribution is 2.39. The zero-order valence-corrected chi connectivity index (χ0v) is 16.3. The van der Waals surface area contributed by atoms with Gasteiger partial charge in [-0.25, -0.2) is 0 Å². The van der Waals surface area contributed by atoms with Gasteiger partial charge in [-0.3, -0.25) is 0 Å². The van der Waals surface area contributed by atoms with Crippen LogP contribution in [0, 0.1) is 0 Å². The fourth-order valence-corrected chi connectivity index (χ4v) is 3.98. The van der Waals surface area contributed by atoms with Crippen molar-refractivity contribution in [2.45, 2.75) is 19.3 Å².